The Hall–Kier alpha value is -2.37. The minimum Gasteiger partial charge on any atom is -0.352 e. The van der Waals surface area contributed by atoms with E-state index in [0.29, 0.717) is 31.1 Å². The second-order valence-electron chi connectivity index (χ2n) is 7.38. The van der Waals surface area contributed by atoms with Gasteiger partial charge in [0.15, 0.2) is 0 Å². The molecule has 0 radical (unpaired) electrons. The molecule has 0 bridgehead atoms. The predicted molar refractivity (Wildman–Crippen MR) is 98.3 cm³/mol. The van der Waals surface area contributed by atoms with Crippen molar-refractivity contribution in [2.45, 2.75) is 58.2 Å². The molecule has 1 aromatic carbocycles. The van der Waals surface area contributed by atoms with Crippen LogP contribution in [0.4, 0.5) is 0 Å². The summed E-state index contributed by atoms with van der Waals surface area (Å²) in [6.07, 6.45) is 3.30. The highest BCUT2D eigenvalue weighted by atomic mass is 16.2. The third-order valence-electron chi connectivity index (χ3n) is 5.16. The molecule has 140 valence electrons. The van der Waals surface area contributed by atoms with Gasteiger partial charge < -0.3 is 15.5 Å². The van der Waals surface area contributed by atoms with E-state index in [-0.39, 0.29) is 29.7 Å². The highest BCUT2D eigenvalue weighted by Crippen LogP contribution is 2.32. The molecule has 1 saturated heterocycles. The average Bonchev–Trinajstić information content (AvgIpc) is 3.41. The Kier molecular flexibility index (Phi) is 5.59. The first kappa shape index (κ1) is 18.4. The monoisotopic (exact) mass is 357 g/mol. The van der Waals surface area contributed by atoms with Gasteiger partial charge in [0.25, 0.3) is 5.91 Å². The maximum Gasteiger partial charge on any atom is 0.251 e. The van der Waals surface area contributed by atoms with Gasteiger partial charge in [-0.15, -0.1) is 0 Å². The van der Waals surface area contributed by atoms with E-state index >= 15 is 0 Å². The molecule has 6 nitrogen and oxygen atoms in total. The van der Waals surface area contributed by atoms with Crippen molar-refractivity contribution in [3.8, 4) is 0 Å². The van der Waals surface area contributed by atoms with Crippen molar-refractivity contribution in [3.05, 3.63) is 35.4 Å². The van der Waals surface area contributed by atoms with Crippen molar-refractivity contribution in [1.29, 1.82) is 0 Å². The van der Waals surface area contributed by atoms with E-state index < -0.39 is 0 Å². The number of hydrogen-bond acceptors (Lipinski definition) is 3. The number of nitrogens with zero attached hydrogens (tertiary/aromatic N) is 1. The van der Waals surface area contributed by atoms with Crippen LogP contribution in [-0.2, 0) is 16.1 Å². The summed E-state index contributed by atoms with van der Waals surface area (Å²) in [6, 6.07) is 7.76. The molecule has 6 heteroatoms. The van der Waals surface area contributed by atoms with E-state index in [1.807, 2.05) is 30.9 Å². The van der Waals surface area contributed by atoms with Crippen LogP contribution >= 0.6 is 0 Å². The summed E-state index contributed by atoms with van der Waals surface area (Å²) >= 11 is 0. The van der Waals surface area contributed by atoms with E-state index in [1.165, 1.54) is 0 Å². The van der Waals surface area contributed by atoms with Gasteiger partial charge in [-0.1, -0.05) is 19.1 Å². The summed E-state index contributed by atoms with van der Waals surface area (Å²) in [7, 11) is 0. The summed E-state index contributed by atoms with van der Waals surface area (Å²) < 4.78 is 0. The van der Waals surface area contributed by atoms with E-state index in [9.17, 15) is 14.4 Å². The number of nitrogens with one attached hydrogen (secondary N) is 2. The minimum atomic E-state index is -0.264. The SMILES string of the molecule is CCC(C)NC(=O)c1cccc(CNC(=O)C2CC(=O)N(C3CC3)C2)c1. The average molecular weight is 357 g/mol. The van der Waals surface area contributed by atoms with Crippen molar-refractivity contribution in [2.75, 3.05) is 6.54 Å². The fourth-order valence-corrected chi connectivity index (χ4v) is 3.21. The standard InChI is InChI=1S/C20H27N3O3/c1-3-13(2)22-20(26)15-6-4-5-14(9-15)11-21-19(25)16-10-18(24)23(12-16)17-7-8-17/h4-6,9,13,16-17H,3,7-8,10-12H2,1-2H3,(H,21,25)(H,22,26). The molecule has 2 aliphatic rings. The molecule has 0 spiro atoms. The molecule has 3 amide bonds. The molecule has 2 fully saturated rings. The lowest BCUT2D eigenvalue weighted by Crippen LogP contribution is -2.33. The predicted octanol–water partition coefficient (Wildman–Crippen LogP) is 1.84. The van der Waals surface area contributed by atoms with Crippen molar-refractivity contribution in [3.63, 3.8) is 0 Å². The first-order valence-electron chi connectivity index (χ1n) is 9.45. The first-order valence-corrected chi connectivity index (χ1v) is 9.45. The second kappa shape index (κ2) is 7.89. The third-order valence-corrected chi connectivity index (χ3v) is 5.16. The topological polar surface area (TPSA) is 78.5 Å². The summed E-state index contributed by atoms with van der Waals surface area (Å²) in [5.41, 5.74) is 1.46. The largest absolute Gasteiger partial charge is 0.352 e. The smallest absolute Gasteiger partial charge is 0.251 e. The quantitative estimate of drug-likeness (QED) is 0.782. The van der Waals surface area contributed by atoms with Crippen molar-refractivity contribution in [1.82, 2.24) is 15.5 Å². The Morgan fingerprint density at radius 3 is 2.77 bits per heavy atom. The fraction of sp³-hybridized carbons (Fsp3) is 0.550. The molecule has 2 unspecified atom stereocenters. The lowest BCUT2D eigenvalue weighted by atomic mass is 10.1. The van der Waals surface area contributed by atoms with Crippen LogP contribution in [0.2, 0.25) is 0 Å². The number of carbonyl (C=O) groups excluding carboxylic acids is 3. The molecule has 2 atom stereocenters. The summed E-state index contributed by atoms with van der Waals surface area (Å²) in [4.78, 5) is 38.4. The molecule has 26 heavy (non-hydrogen) atoms. The maximum atomic E-state index is 12.4. The molecular formula is C20H27N3O3. The van der Waals surface area contributed by atoms with E-state index in [4.69, 9.17) is 0 Å². The molecule has 1 saturated carbocycles. The van der Waals surface area contributed by atoms with Crippen LogP contribution in [0.25, 0.3) is 0 Å². The zero-order chi connectivity index (χ0) is 18.7. The van der Waals surface area contributed by atoms with Gasteiger partial charge in [0.05, 0.1) is 5.92 Å². The van der Waals surface area contributed by atoms with Gasteiger partial charge in [0.2, 0.25) is 11.8 Å². The number of amides is 3. The van der Waals surface area contributed by atoms with Crippen molar-refractivity contribution < 1.29 is 14.4 Å². The van der Waals surface area contributed by atoms with Gasteiger partial charge in [0.1, 0.15) is 0 Å². The third kappa shape index (κ3) is 4.42. The number of benzene rings is 1. The Bertz CT molecular complexity index is 699. The number of rotatable bonds is 7. The maximum absolute atomic E-state index is 12.4. The van der Waals surface area contributed by atoms with Crippen molar-refractivity contribution >= 4 is 17.7 Å². The molecule has 2 N–H and O–H groups in total. The number of carbonyl (C=O) groups is 3. The van der Waals surface area contributed by atoms with Crippen LogP contribution in [0, 0.1) is 5.92 Å². The lowest BCUT2D eigenvalue weighted by molar-refractivity contribution is -0.129. The van der Waals surface area contributed by atoms with Gasteiger partial charge in [-0.2, -0.15) is 0 Å². The Labute approximate surface area is 154 Å². The number of hydrogen-bond donors (Lipinski definition) is 2. The van der Waals surface area contributed by atoms with Crippen molar-refractivity contribution in [2.24, 2.45) is 5.92 Å². The molecule has 1 heterocycles. The highest BCUT2D eigenvalue weighted by molar-refractivity contribution is 5.94. The van der Waals surface area contributed by atoms with Crippen LogP contribution in [0.5, 0.6) is 0 Å². The van der Waals surface area contributed by atoms with Crippen LogP contribution in [-0.4, -0.2) is 41.2 Å². The van der Waals surface area contributed by atoms with Gasteiger partial charge in [0, 0.05) is 37.2 Å². The molecule has 1 aliphatic heterocycles. The first-order chi connectivity index (χ1) is 12.5. The van der Waals surface area contributed by atoms with E-state index in [2.05, 4.69) is 10.6 Å². The molecular weight excluding hydrogens is 330 g/mol. The van der Waals surface area contributed by atoms with E-state index in [1.54, 1.807) is 12.1 Å². The van der Waals surface area contributed by atoms with Crippen LogP contribution in [0.1, 0.15) is 55.5 Å². The van der Waals surface area contributed by atoms with Crippen LogP contribution in [0.15, 0.2) is 24.3 Å². The second-order valence-corrected chi connectivity index (χ2v) is 7.38. The Morgan fingerprint density at radius 1 is 1.31 bits per heavy atom. The Balaban J connectivity index is 1.53. The highest BCUT2D eigenvalue weighted by Gasteiger charge is 2.41. The summed E-state index contributed by atoms with van der Waals surface area (Å²) in [5.74, 6) is -0.360. The van der Waals surface area contributed by atoms with Gasteiger partial charge >= 0.3 is 0 Å². The van der Waals surface area contributed by atoms with Crippen LogP contribution in [0.3, 0.4) is 0 Å². The molecule has 3 rings (SSSR count). The van der Waals surface area contributed by atoms with E-state index in [0.717, 1.165) is 24.8 Å². The lowest BCUT2D eigenvalue weighted by Gasteiger charge is -2.15. The Morgan fingerprint density at radius 2 is 2.08 bits per heavy atom. The normalized spacial score (nSPS) is 20.8. The van der Waals surface area contributed by atoms with Gasteiger partial charge in [-0.3, -0.25) is 14.4 Å². The number of likely N-dealkylation sites (tertiary alicyclic amines) is 1. The summed E-state index contributed by atoms with van der Waals surface area (Å²) in [5, 5.41) is 5.85. The summed E-state index contributed by atoms with van der Waals surface area (Å²) in [6.45, 7) is 4.88. The van der Waals surface area contributed by atoms with Gasteiger partial charge in [-0.25, -0.2) is 0 Å². The zero-order valence-corrected chi connectivity index (χ0v) is 15.5. The molecule has 1 aromatic rings. The zero-order valence-electron chi connectivity index (χ0n) is 15.5. The minimum absolute atomic E-state index is 0.0871. The van der Waals surface area contributed by atoms with Crippen LogP contribution < -0.4 is 10.6 Å². The van der Waals surface area contributed by atoms with Gasteiger partial charge in [-0.05, 0) is 43.9 Å². The molecule has 0 aromatic heterocycles. The molecule has 1 aliphatic carbocycles. The fourth-order valence-electron chi connectivity index (χ4n) is 3.21.